The first-order chi connectivity index (χ1) is 8.52. The molecule has 1 heterocycles. The first kappa shape index (κ1) is 15.2. The maximum absolute atomic E-state index is 11.2. The van der Waals surface area contributed by atoms with Gasteiger partial charge in [-0.3, -0.25) is 0 Å². The molecule has 0 saturated carbocycles. The fraction of sp³-hybridized carbons (Fsp3) is 0.786. The third kappa shape index (κ3) is 5.19. The zero-order chi connectivity index (χ0) is 13.5. The van der Waals surface area contributed by atoms with Crippen LogP contribution >= 0.6 is 0 Å². The molecule has 0 bridgehead atoms. The van der Waals surface area contributed by atoms with Crippen molar-refractivity contribution < 1.29 is 9.53 Å². The second kappa shape index (κ2) is 7.54. The van der Waals surface area contributed by atoms with Crippen LogP contribution in [0.4, 0.5) is 0 Å². The lowest BCUT2D eigenvalue weighted by Crippen LogP contribution is -2.35. The van der Waals surface area contributed by atoms with Crippen molar-refractivity contribution in [3.8, 4) is 0 Å². The molecule has 0 atom stereocenters. The summed E-state index contributed by atoms with van der Waals surface area (Å²) in [6, 6.07) is 0. The van der Waals surface area contributed by atoms with E-state index < -0.39 is 0 Å². The van der Waals surface area contributed by atoms with Crippen LogP contribution in [-0.4, -0.2) is 63.2 Å². The summed E-state index contributed by atoms with van der Waals surface area (Å²) >= 11 is 0. The highest BCUT2D eigenvalue weighted by molar-refractivity contribution is 5.87. The van der Waals surface area contributed by atoms with E-state index in [0.29, 0.717) is 5.57 Å². The van der Waals surface area contributed by atoms with Gasteiger partial charge in [0.05, 0.1) is 7.11 Å². The minimum Gasteiger partial charge on any atom is -0.466 e. The number of ether oxygens (including phenoxy) is 1. The number of carbonyl (C=O) groups excluding carboxylic acids is 1. The molecule has 0 radical (unpaired) electrons. The van der Waals surface area contributed by atoms with Gasteiger partial charge < -0.3 is 14.5 Å². The Kier molecular flexibility index (Phi) is 6.36. The Morgan fingerprint density at radius 2 is 2.06 bits per heavy atom. The standard InChI is InChI=1S/C14H26N2O2/c1-12(14(17)18-4)5-8-16(3)11-13-6-9-15(2)10-7-13/h5,13H,6-11H2,1-4H3. The van der Waals surface area contributed by atoms with Crippen molar-refractivity contribution in [1.82, 2.24) is 9.80 Å². The number of nitrogens with zero attached hydrogens (tertiary/aromatic N) is 2. The Morgan fingerprint density at radius 1 is 1.44 bits per heavy atom. The van der Waals surface area contributed by atoms with Gasteiger partial charge in [-0.25, -0.2) is 4.79 Å². The monoisotopic (exact) mass is 254 g/mol. The molecule has 0 aromatic heterocycles. The molecule has 1 fully saturated rings. The normalized spacial score (nSPS) is 19.3. The van der Waals surface area contributed by atoms with E-state index in [2.05, 4.69) is 28.6 Å². The summed E-state index contributed by atoms with van der Waals surface area (Å²) in [5.74, 6) is 0.556. The second-order valence-electron chi connectivity index (χ2n) is 5.35. The molecule has 0 N–H and O–H groups in total. The van der Waals surface area contributed by atoms with Gasteiger partial charge in [0.1, 0.15) is 0 Å². The molecule has 1 saturated heterocycles. The summed E-state index contributed by atoms with van der Waals surface area (Å²) in [5, 5.41) is 0. The van der Waals surface area contributed by atoms with Crippen LogP contribution in [0.25, 0.3) is 0 Å². The van der Waals surface area contributed by atoms with Crippen molar-refractivity contribution in [1.29, 1.82) is 0 Å². The second-order valence-corrected chi connectivity index (χ2v) is 5.35. The van der Waals surface area contributed by atoms with E-state index in [9.17, 15) is 4.79 Å². The van der Waals surface area contributed by atoms with Crippen LogP contribution in [0, 0.1) is 5.92 Å². The predicted molar refractivity (Wildman–Crippen MR) is 73.5 cm³/mol. The molecule has 1 rings (SSSR count). The molecule has 0 amide bonds. The molecule has 1 aliphatic heterocycles. The van der Waals surface area contributed by atoms with Gasteiger partial charge in [0.15, 0.2) is 0 Å². The Labute approximate surface area is 111 Å². The summed E-state index contributed by atoms with van der Waals surface area (Å²) in [4.78, 5) is 15.9. The maximum atomic E-state index is 11.2. The highest BCUT2D eigenvalue weighted by atomic mass is 16.5. The molecule has 0 spiro atoms. The summed E-state index contributed by atoms with van der Waals surface area (Å²) < 4.78 is 4.67. The highest BCUT2D eigenvalue weighted by Gasteiger charge is 2.17. The van der Waals surface area contributed by atoms with E-state index in [1.165, 1.54) is 33.0 Å². The minimum atomic E-state index is -0.234. The fourth-order valence-corrected chi connectivity index (χ4v) is 2.30. The molecule has 0 aromatic rings. The third-order valence-corrected chi connectivity index (χ3v) is 3.62. The van der Waals surface area contributed by atoms with Gasteiger partial charge in [-0.1, -0.05) is 6.08 Å². The van der Waals surface area contributed by atoms with Gasteiger partial charge in [-0.15, -0.1) is 0 Å². The third-order valence-electron chi connectivity index (χ3n) is 3.62. The number of likely N-dealkylation sites (N-methyl/N-ethyl adjacent to an activating group) is 1. The van der Waals surface area contributed by atoms with Gasteiger partial charge in [0.2, 0.25) is 0 Å². The average Bonchev–Trinajstić information content (AvgIpc) is 2.37. The summed E-state index contributed by atoms with van der Waals surface area (Å²) in [6.07, 6.45) is 4.50. The van der Waals surface area contributed by atoms with E-state index in [-0.39, 0.29) is 5.97 Å². The predicted octanol–water partition coefficient (Wildman–Crippen LogP) is 1.38. The van der Waals surface area contributed by atoms with E-state index in [1.807, 2.05) is 6.08 Å². The fourth-order valence-electron chi connectivity index (χ4n) is 2.30. The molecule has 0 aliphatic carbocycles. The first-order valence-electron chi connectivity index (χ1n) is 6.65. The summed E-state index contributed by atoms with van der Waals surface area (Å²) in [5.41, 5.74) is 0.688. The minimum absolute atomic E-state index is 0.234. The molecule has 104 valence electrons. The largest absolute Gasteiger partial charge is 0.466 e. The van der Waals surface area contributed by atoms with Crippen LogP contribution in [0.1, 0.15) is 19.8 Å². The highest BCUT2D eigenvalue weighted by Crippen LogP contribution is 2.16. The van der Waals surface area contributed by atoms with Crippen LogP contribution < -0.4 is 0 Å². The van der Waals surface area contributed by atoms with E-state index in [0.717, 1.165) is 19.0 Å². The van der Waals surface area contributed by atoms with Gasteiger partial charge in [-0.05, 0) is 52.9 Å². The van der Waals surface area contributed by atoms with Crippen molar-refractivity contribution in [3.05, 3.63) is 11.6 Å². The van der Waals surface area contributed by atoms with Gasteiger partial charge >= 0.3 is 5.97 Å². The number of piperidine rings is 1. The smallest absolute Gasteiger partial charge is 0.333 e. The van der Waals surface area contributed by atoms with Gasteiger partial charge in [0, 0.05) is 18.7 Å². The molecule has 18 heavy (non-hydrogen) atoms. The van der Waals surface area contributed by atoms with Crippen LogP contribution in [0.5, 0.6) is 0 Å². The maximum Gasteiger partial charge on any atom is 0.333 e. The zero-order valence-corrected chi connectivity index (χ0v) is 12.1. The Morgan fingerprint density at radius 3 is 2.61 bits per heavy atom. The lowest BCUT2D eigenvalue weighted by Gasteiger charge is -2.31. The quantitative estimate of drug-likeness (QED) is 0.548. The van der Waals surface area contributed by atoms with Crippen LogP contribution in [-0.2, 0) is 9.53 Å². The zero-order valence-electron chi connectivity index (χ0n) is 12.1. The molecule has 0 aromatic carbocycles. The molecule has 1 aliphatic rings. The molecule has 4 heteroatoms. The molecular formula is C14H26N2O2. The van der Waals surface area contributed by atoms with Crippen LogP contribution in [0.15, 0.2) is 11.6 Å². The lowest BCUT2D eigenvalue weighted by atomic mass is 9.97. The van der Waals surface area contributed by atoms with Crippen LogP contribution in [0.3, 0.4) is 0 Å². The number of likely N-dealkylation sites (tertiary alicyclic amines) is 1. The molecule has 0 unspecified atom stereocenters. The molecular weight excluding hydrogens is 228 g/mol. The van der Waals surface area contributed by atoms with E-state index >= 15 is 0 Å². The van der Waals surface area contributed by atoms with Crippen molar-refractivity contribution in [2.24, 2.45) is 5.92 Å². The summed E-state index contributed by atoms with van der Waals surface area (Å²) in [6.45, 7) is 6.13. The van der Waals surface area contributed by atoms with Gasteiger partial charge in [-0.2, -0.15) is 0 Å². The van der Waals surface area contributed by atoms with Crippen molar-refractivity contribution in [2.45, 2.75) is 19.8 Å². The number of methoxy groups -OCH3 is 1. The van der Waals surface area contributed by atoms with Gasteiger partial charge in [0.25, 0.3) is 0 Å². The summed E-state index contributed by atoms with van der Waals surface area (Å²) in [7, 11) is 5.71. The number of carbonyl (C=O) groups is 1. The Hall–Kier alpha value is -0.870. The number of hydrogen-bond acceptors (Lipinski definition) is 4. The molecule has 4 nitrogen and oxygen atoms in total. The number of esters is 1. The van der Waals surface area contributed by atoms with Crippen LogP contribution in [0.2, 0.25) is 0 Å². The van der Waals surface area contributed by atoms with Crippen molar-refractivity contribution in [2.75, 3.05) is 47.4 Å². The first-order valence-corrected chi connectivity index (χ1v) is 6.65. The number of rotatable bonds is 5. The lowest BCUT2D eigenvalue weighted by molar-refractivity contribution is -0.136. The van der Waals surface area contributed by atoms with Crippen molar-refractivity contribution in [3.63, 3.8) is 0 Å². The topological polar surface area (TPSA) is 32.8 Å². The van der Waals surface area contributed by atoms with E-state index in [4.69, 9.17) is 0 Å². The SMILES string of the molecule is COC(=O)C(C)=CCN(C)CC1CCN(C)CC1. The number of hydrogen-bond donors (Lipinski definition) is 0. The van der Waals surface area contributed by atoms with E-state index in [1.54, 1.807) is 6.92 Å². The Balaban J connectivity index is 2.29. The van der Waals surface area contributed by atoms with Crippen molar-refractivity contribution >= 4 is 5.97 Å². The Bertz CT molecular complexity index is 294. The average molecular weight is 254 g/mol.